The lowest BCUT2D eigenvalue weighted by atomic mass is 10.0. The smallest absolute Gasteiger partial charge is 0.305 e. The maximum absolute atomic E-state index is 12.8. The Kier molecular flexibility index (Phi) is 6.00. The third-order valence-corrected chi connectivity index (χ3v) is 6.07. The number of hydrogen-bond acceptors (Lipinski definition) is 4. The molecule has 0 amide bonds. The lowest BCUT2D eigenvalue weighted by Crippen LogP contribution is -2.10. The number of hydrogen-bond donors (Lipinski definition) is 0. The van der Waals surface area contributed by atoms with E-state index in [0.29, 0.717) is 18.5 Å². The summed E-state index contributed by atoms with van der Waals surface area (Å²) in [6, 6.07) is 21.6. The fraction of sp³-hybridized carbons (Fsp3) is 0.190. The monoisotopic (exact) mass is 367 g/mol. The molecule has 134 valence electrons. The van der Waals surface area contributed by atoms with E-state index in [1.807, 2.05) is 74.5 Å². The van der Waals surface area contributed by atoms with Crippen LogP contribution in [-0.4, -0.2) is 18.2 Å². The molecule has 0 bridgehead atoms. The summed E-state index contributed by atoms with van der Waals surface area (Å²) in [7, 11) is -3.25. The molecule has 0 spiro atoms. The van der Waals surface area contributed by atoms with E-state index in [4.69, 9.17) is 9.05 Å². The zero-order chi connectivity index (χ0) is 18.4. The largest absolute Gasteiger partial charge is 0.361 e. The molecule has 3 aromatic rings. The van der Waals surface area contributed by atoms with Gasteiger partial charge in [0.25, 0.3) is 0 Å². The van der Waals surface area contributed by atoms with Crippen molar-refractivity contribution >= 4 is 12.9 Å². The van der Waals surface area contributed by atoms with Crippen LogP contribution >= 0.6 is 7.60 Å². The molecule has 1 heterocycles. The Morgan fingerprint density at radius 2 is 1.46 bits per heavy atom. The Labute approximate surface area is 154 Å². The van der Waals surface area contributed by atoms with Gasteiger partial charge >= 0.3 is 7.60 Å². The molecular formula is C21H22NO3P. The summed E-state index contributed by atoms with van der Waals surface area (Å²) in [6.45, 7) is 4.29. The molecule has 0 aliphatic rings. The standard InChI is InChI=1S/C21H22NO3P/c1-3-24-26(23,25-4-2)20-12-10-17(11-13-20)19-14-15-22-21(16-19)18-8-6-5-7-9-18/h5-16H,3-4H2,1-2H3. The zero-order valence-electron chi connectivity index (χ0n) is 15.0. The fourth-order valence-corrected chi connectivity index (χ4v) is 4.31. The van der Waals surface area contributed by atoms with Crippen molar-refractivity contribution in [3.05, 3.63) is 72.9 Å². The summed E-state index contributed by atoms with van der Waals surface area (Å²) in [5, 5.41) is 0.572. The highest BCUT2D eigenvalue weighted by molar-refractivity contribution is 7.62. The topological polar surface area (TPSA) is 48.4 Å². The second-order valence-corrected chi connectivity index (χ2v) is 7.70. The van der Waals surface area contributed by atoms with Crippen molar-refractivity contribution in [3.8, 4) is 22.4 Å². The minimum atomic E-state index is -3.25. The van der Waals surface area contributed by atoms with E-state index >= 15 is 0 Å². The molecule has 0 fully saturated rings. The van der Waals surface area contributed by atoms with Crippen molar-refractivity contribution in [2.24, 2.45) is 0 Å². The first-order valence-electron chi connectivity index (χ1n) is 8.68. The summed E-state index contributed by atoms with van der Waals surface area (Å²) in [4.78, 5) is 4.46. The van der Waals surface area contributed by atoms with Gasteiger partial charge in [-0.2, -0.15) is 0 Å². The van der Waals surface area contributed by atoms with Gasteiger partial charge in [-0.3, -0.25) is 9.55 Å². The number of pyridine rings is 1. The lowest BCUT2D eigenvalue weighted by molar-refractivity contribution is 0.230. The molecule has 5 heteroatoms. The fourth-order valence-electron chi connectivity index (χ4n) is 2.74. The molecule has 0 radical (unpaired) electrons. The van der Waals surface area contributed by atoms with Crippen LogP contribution < -0.4 is 5.30 Å². The molecule has 0 saturated carbocycles. The predicted molar refractivity (Wildman–Crippen MR) is 106 cm³/mol. The summed E-state index contributed by atoms with van der Waals surface area (Å²) in [5.74, 6) is 0. The van der Waals surface area contributed by atoms with Crippen LogP contribution in [0, 0.1) is 0 Å². The lowest BCUT2D eigenvalue weighted by Gasteiger charge is -2.17. The third kappa shape index (κ3) is 4.10. The Balaban J connectivity index is 1.91. The first-order chi connectivity index (χ1) is 12.7. The Morgan fingerprint density at radius 1 is 0.808 bits per heavy atom. The van der Waals surface area contributed by atoms with Gasteiger partial charge in [0.1, 0.15) is 0 Å². The zero-order valence-corrected chi connectivity index (χ0v) is 15.9. The maximum Gasteiger partial charge on any atom is 0.361 e. The molecule has 0 unspecified atom stereocenters. The second-order valence-electron chi connectivity index (χ2n) is 5.68. The van der Waals surface area contributed by atoms with Crippen molar-refractivity contribution < 1.29 is 13.6 Å². The minimum absolute atomic E-state index is 0.337. The van der Waals surface area contributed by atoms with Gasteiger partial charge in [-0.05, 0) is 49.2 Å². The predicted octanol–water partition coefficient (Wildman–Crippen LogP) is 5.31. The normalized spacial score (nSPS) is 11.5. The second kappa shape index (κ2) is 8.41. The van der Waals surface area contributed by atoms with Gasteiger partial charge in [0.2, 0.25) is 0 Å². The van der Waals surface area contributed by atoms with Gasteiger partial charge in [-0.1, -0.05) is 42.5 Å². The molecule has 0 atom stereocenters. The summed E-state index contributed by atoms with van der Waals surface area (Å²) in [5.41, 5.74) is 4.06. The van der Waals surface area contributed by atoms with Crippen LogP contribution in [0.2, 0.25) is 0 Å². The molecule has 2 aromatic carbocycles. The molecule has 0 aliphatic carbocycles. The third-order valence-electron chi connectivity index (χ3n) is 3.94. The van der Waals surface area contributed by atoms with Crippen molar-refractivity contribution in [1.82, 2.24) is 4.98 Å². The first kappa shape index (κ1) is 18.5. The number of nitrogens with zero attached hydrogens (tertiary/aromatic N) is 1. The van der Waals surface area contributed by atoms with Crippen LogP contribution in [0.25, 0.3) is 22.4 Å². The Morgan fingerprint density at radius 3 is 2.08 bits per heavy atom. The van der Waals surface area contributed by atoms with Gasteiger partial charge in [0, 0.05) is 11.8 Å². The quantitative estimate of drug-likeness (QED) is 0.531. The average Bonchev–Trinajstić information content (AvgIpc) is 2.69. The highest BCUT2D eigenvalue weighted by Gasteiger charge is 2.26. The highest BCUT2D eigenvalue weighted by Crippen LogP contribution is 2.46. The molecule has 0 N–H and O–H groups in total. The molecular weight excluding hydrogens is 345 g/mol. The molecule has 0 aliphatic heterocycles. The van der Waals surface area contributed by atoms with E-state index in [9.17, 15) is 4.57 Å². The highest BCUT2D eigenvalue weighted by atomic mass is 31.2. The van der Waals surface area contributed by atoms with Crippen LogP contribution in [0.4, 0.5) is 0 Å². The molecule has 1 aromatic heterocycles. The molecule has 4 nitrogen and oxygen atoms in total. The van der Waals surface area contributed by atoms with E-state index in [-0.39, 0.29) is 0 Å². The van der Waals surface area contributed by atoms with Crippen LogP contribution in [0.15, 0.2) is 72.9 Å². The summed E-state index contributed by atoms with van der Waals surface area (Å²) >= 11 is 0. The Hall–Kier alpha value is -2.26. The van der Waals surface area contributed by atoms with Gasteiger partial charge in [-0.15, -0.1) is 0 Å². The van der Waals surface area contributed by atoms with Crippen LogP contribution in [0.3, 0.4) is 0 Å². The minimum Gasteiger partial charge on any atom is -0.305 e. The van der Waals surface area contributed by atoms with Gasteiger partial charge in [0.05, 0.1) is 24.2 Å². The van der Waals surface area contributed by atoms with E-state index in [1.165, 1.54) is 0 Å². The SMILES string of the molecule is CCOP(=O)(OCC)c1ccc(-c2ccnc(-c3ccccc3)c2)cc1. The van der Waals surface area contributed by atoms with Crippen LogP contribution in [0.1, 0.15) is 13.8 Å². The maximum atomic E-state index is 12.8. The van der Waals surface area contributed by atoms with Crippen LogP contribution in [-0.2, 0) is 13.6 Å². The van der Waals surface area contributed by atoms with Crippen molar-refractivity contribution in [3.63, 3.8) is 0 Å². The summed E-state index contributed by atoms with van der Waals surface area (Å²) < 4.78 is 23.7. The van der Waals surface area contributed by atoms with Gasteiger partial charge < -0.3 is 9.05 Å². The number of rotatable bonds is 7. The molecule has 0 saturated heterocycles. The molecule has 26 heavy (non-hydrogen) atoms. The van der Waals surface area contributed by atoms with Gasteiger partial charge in [0.15, 0.2) is 0 Å². The summed E-state index contributed by atoms with van der Waals surface area (Å²) in [6.07, 6.45) is 1.80. The Bertz CT molecular complexity index is 885. The first-order valence-corrected chi connectivity index (χ1v) is 10.2. The van der Waals surface area contributed by atoms with Crippen molar-refractivity contribution in [2.45, 2.75) is 13.8 Å². The average molecular weight is 367 g/mol. The van der Waals surface area contributed by atoms with E-state index in [1.54, 1.807) is 6.20 Å². The van der Waals surface area contributed by atoms with Crippen LogP contribution in [0.5, 0.6) is 0 Å². The van der Waals surface area contributed by atoms with E-state index < -0.39 is 7.60 Å². The van der Waals surface area contributed by atoms with Crippen molar-refractivity contribution in [1.29, 1.82) is 0 Å². The van der Waals surface area contributed by atoms with Crippen molar-refractivity contribution in [2.75, 3.05) is 13.2 Å². The molecule has 3 rings (SSSR count). The van der Waals surface area contributed by atoms with Gasteiger partial charge in [-0.25, -0.2) is 0 Å². The number of aromatic nitrogens is 1. The van der Waals surface area contributed by atoms with E-state index in [2.05, 4.69) is 11.1 Å². The number of benzene rings is 2. The van der Waals surface area contributed by atoms with E-state index in [0.717, 1.165) is 22.4 Å².